The number of carbonyl (C=O) groups excluding carboxylic acids is 2. The predicted molar refractivity (Wildman–Crippen MR) is 111 cm³/mol. The minimum atomic E-state index is -0.735. The van der Waals surface area contributed by atoms with E-state index in [0.717, 1.165) is 12.0 Å². The van der Waals surface area contributed by atoms with Crippen molar-refractivity contribution in [2.75, 3.05) is 32.8 Å². The van der Waals surface area contributed by atoms with Crippen molar-refractivity contribution in [1.29, 1.82) is 0 Å². The van der Waals surface area contributed by atoms with E-state index in [4.69, 9.17) is 14.2 Å². The van der Waals surface area contributed by atoms with Gasteiger partial charge in [0.25, 0.3) is 5.91 Å². The monoisotopic (exact) mass is 420 g/mol. The summed E-state index contributed by atoms with van der Waals surface area (Å²) in [5, 5.41) is 13.4. The maximum absolute atomic E-state index is 12.8. The molecule has 0 spiro atoms. The molecule has 1 unspecified atom stereocenters. The number of hydrogen-bond acceptors (Lipinski definition) is 6. The van der Waals surface area contributed by atoms with Gasteiger partial charge in [0.2, 0.25) is 0 Å². The van der Waals surface area contributed by atoms with Gasteiger partial charge in [0.05, 0.1) is 31.4 Å². The van der Waals surface area contributed by atoms with Crippen LogP contribution in [0.3, 0.4) is 0 Å². The van der Waals surface area contributed by atoms with Gasteiger partial charge in [0, 0.05) is 25.4 Å². The molecular formula is C22H32N2O6. The average molecular weight is 421 g/mol. The van der Waals surface area contributed by atoms with Crippen LogP contribution in [0.4, 0.5) is 4.79 Å². The van der Waals surface area contributed by atoms with Crippen molar-refractivity contribution in [2.45, 2.75) is 52.2 Å². The van der Waals surface area contributed by atoms with Crippen molar-refractivity contribution in [2.24, 2.45) is 5.92 Å². The molecule has 2 heterocycles. The highest BCUT2D eigenvalue weighted by atomic mass is 16.6. The Labute approximate surface area is 177 Å². The van der Waals surface area contributed by atoms with Crippen molar-refractivity contribution < 1.29 is 28.9 Å². The lowest BCUT2D eigenvalue weighted by molar-refractivity contribution is -0.0122. The van der Waals surface area contributed by atoms with Gasteiger partial charge in [-0.15, -0.1) is 0 Å². The molecule has 2 atom stereocenters. The number of carbonyl (C=O) groups is 2. The van der Waals surface area contributed by atoms with Crippen molar-refractivity contribution in [3.8, 4) is 11.5 Å². The first-order valence-electron chi connectivity index (χ1n) is 10.5. The Morgan fingerprint density at radius 3 is 2.60 bits per heavy atom. The highest BCUT2D eigenvalue weighted by molar-refractivity contribution is 5.98. The average Bonchev–Trinajstić information content (AvgIpc) is 2.92. The van der Waals surface area contributed by atoms with E-state index >= 15 is 0 Å². The topological polar surface area (TPSA) is 97.3 Å². The molecule has 3 rings (SSSR count). The zero-order valence-corrected chi connectivity index (χ0v) is 18.2. The number of amides is 2. The van der Waals surface area contributed by atoms with Crippen LogP contribution in [-0.4, -0.2) is 66.6 Å². The number of ether oxygens (including phenoxy) is 3. The number of rotatable bonds is 3. The van der Waals surface area contributed by atoms with Crippen LogP contribution < -0.4 is 14.8 Å². The zero-order valence-electron chi connectivity index (χ0n) is 18.2. The lowest BCUT2D eigenvalue weighted by atomic mass is 9.94. The minimum absolute atomic E-state index is 0.145. The van der Waals surface area contributed by atoms with Gasteiger partial charge in [-0.25, -0.2) is 4.79 Å². The third kappa shape index (κ3) is 5.36. The third-order valence-corrected chi connectivity index (χ3v) is 5.23. The zero-order chi connectivity index (χ0) is 21.9. The number of aryl methyl sites for hydroxylation is 1. The van der Waals surface area contributed by atoms with E-state index in [-0.39, 0.29) is 18.4 Å². The quantitative estimate of drug-likeness (QED) is 0.780. The normalized spacial score (nSPS) is 21.6. The van der Waals surface area contributed by atoms with Crippen molar-refractivity contribution >= 4 is 12.0 Å². The van der Waals surface area contributed by atoms with Crippen LogP contribution >= 0.6 is 0 Å². The number of likely N-dealkylation sites (tertiary alicyclic amines) is 1. The first-order valence-corrected chi connectivity index (χ1v) is 10.5. The van der Waals surface area contributed by atoms with Gasteiger partial charge in [0.1, 0.15) is 5.60 Å². The number of nitrogens with zero attached hydrogens (tertiary/aromatic N) is 1. The van der Waals surface area contributed by atoms with Crippen LogP contribution in [0.25, 0.3) is 0 Å². The number of hydrogen-bond donors (Lipinski definition) is 2. The molecule has 166 valence electrons. The van der Waals surface area contributed by atoms with Crippen LogP contribution in [0.2, 0.25) is 0 Å². The van der Waals surface area contributed by atoms with Crippen LogP contribution in [0.5, 0.6) is 11.5 Å². The standard InChI is InChI=1S/C22H32N2O6/c1-14-6-7-16(19-18(14)28-10-5-11-29-19)20(26)23-12-15-8-9-24(13-17(15)25)21(27)30-22(2,3)4/h6-7,15,17,25H,5,8-13H2,1-4H3,(H,23,26)/t15-,17?/m0/s1. The van der Waals surface area contributed by atoms with Gasteiger partial charge in [0.15, 0.2) is 11.5 Å². The molecule has 1 aromatic rings. The molecule has 8 nitrogen and oxygen atoms in total. The third-order valence-electron chi connectivity index (χ3n) is 5.23. The molecular weight excluding hydrogens is 388 g/mol. The molecule has 0 bridgehead atoms. The van der Waals surface area contributed by atoms with Crippen LogP contribution in [0, 0.1) is 12.8 Å². The lowest BCUT2D eigenvalue weighted by Gasteiger charge is -2.36. The summed E-state index contributed by atoms with van der Waals surface area (Å²) in [5.41, 5.74) is 0.775. The highest BCUT2D eigenvalue weighted by Crippen LogP contribution is 2.36. The van der Waals surface area contributed by atoms with E-state index in [2.05, 4.69) is 5.32 Å². The Morgan fingerprint density at radius 1 is 1.23 bits per heavy atom. The van der Waals surface area contributed by atoms with E-state index in [9.17, 15) is 14.7 Å². The summed E-state index contributed by atoms with van der Waals surface area (Å²) in [6.07, 6.45) is 0.175. The van der Waals surface area contributed by atoms with E-state index in [1.54, 1.807) is 6.07 Å². The first-order chi connectivity index (χ1) is 14.2. The lowest BCUT2D eigenvalue weighted by Crippen LogP contribution is -2.50. The number of piperidine rings is 1. The van der Waals surface area contributed by atoms with Crippen molar-refractivity contribution in [3.05, 3.63) is 23.3 Å². The predicted octanol–water partition coefficient (Wildman–Crippen LogP) is 2.50. The molecule has 0 radical (unpaired) electrons. The van der Waals surface area contributed by atoms with Gasteiger partial charge < -0.3 is 29.5 Å². The molecule has 30 heavy (non-hydrogen) atoms. The van der Waals surface area contributed by atoms with Gasteiger partial charge >= 0.3 is 6.09 Å². The summed E-state index contributed by atoms with van der Waals surface area (Å²) in [6, 6.07) is 3.58. The second kappa shape index (κ2) is 9.12. The number of benzene rings is 1. The maximum atomic E-state index is 12.8. The smallest absolute Gasteiger partial charge is 0.410 e. The van der Waals surface area contributed by atoms with Crippen LogP contribution in [0.15, 0.2) is 12.1 Å². The van der Waals surface area contributed by atoms with Crippen LogP contribution in [0.1, 0.15) is 49.5 Å². The fraction of sp³-hybridized carbons (Fsp3) is 0.636. The van der Waals surface area contributed by atoms with Crippen molar-refractivity contribution in [1.82, 2.24) is 10.2 Å². The molecule has 1 saturated heterocycles. The molecule has 8 heteroatoms. The summed E-state index contributed by atoms with van der Waals surface area (Å²) in [5.74, 6) is 0.684. The SMILES string of the molecule is Cc1ccc(C(=O)NC[C@@H]2CCN(C(=O)OC(C)(C)C)CC2O)c2c1OCCCO2. The van der Waals surface area contributed by atoms with E-state index in [0.29, 0.717) is 49.8 Å². The Morgan fingerprint density at radius 2 is 1.93 bits per heavy atom. The fourth-order valence-corrected chi connectivity index (χ4v) is 3.60. The van der Waals surface area contributed by atoms with Gasteiger partial charge in [-0.05, 0) is 45.7 Å². The number of fused-ring (bicyclic) bond motifs is 1. The second-order valence-electron chi connectivity index (χ2n) is 8.89. The summed E-state index contributed by atoms with van der Waals surface area (Å²) in [4.78, 5) is 26.5. The van der Waals surface area contributed by atoms with Gasteiger partial charge in [-0.3, -0.25) is 4.79 Å². The summed E-state index contributed by atoms with van der Waals surface area (Å²) in [7, 11) is 0. The first kappa shape index (κ1) is 22.2. The molecule has 0 aliphatic carbocycles. The molecule has 0 saturated carbocycles. The van der Waals surface area contributed by atoms with E-state index < -0.39 is 17.8 Å². The summed E-state index contributed by atoms with van der Waals surface area (Å²) in [6.45, 7) is 9.38. The molecule has 1 aromatic carbocycles. The van der Waals surface area contributed by atoms with Gasteiger partial charge in [-0.2, -0.15) is 0 Å². The summed E-state index contributed by atoms with van der Waals surface area (Å²) >= 11 is 0. The maximum Gasteiger partial charge on any atom is 0.410 e. The Bertz CT molecular complexity index is 789. The Balaban J connectivity index is 1.58. The van der Waals surface area contributed by atoms with E-state index in [1.165, 1.54) is 4.90 Å². The molecule has 2 aliphatic heterocycles. The fourth-order valence-electron chi connectivity index (χ4n) is 3.60. The van der Waals surface area contributed by atoms with Crippen molar-refractivity contribution in [3.63, 3.8) is 0 Å². The Kier molecular flexibility index (Phi) is 6.75. The molecule has 2 N–H and O–H groups in total. The number of aliphatic hydroxyl groups is 1. The summed E-state index contributed by atoms with van der Waals surface area (Å²) < 4.78 is 16.9. The number of β-amino-alcohol motifs (C(OH)–C–C–N with tert-alkyl or cyclic N) is 1. The molecule has 1 fully saturated rings. The molecule has 2 amide bonds. The minimum Gasteiger partial charge on any atom is -0.489 e. The Hall–Kier alpha value is -2.48. The number of aliphatic hydroxyl groups excluding tert-OH is 1. The van der Waals surface area contributed by atoms with E-state index in [1.807, 2.05) is 33.8 Å². The van der Waals surface area contributed by atoms with Crippen LogP contribution in [-0.2, 0) is 4.74 Å². The number of nitrogens with one attached hydrogen (secondary N) is 1. The largest absolute Gasteiger partial charge is 0.489 e. The molecule has 0 aromatic heterocycles. The molecule has 2 aliphatic rings. The van der Waals surface area contributed by atoms with Gasteiger partial charge in [-0.1, -0.05) is 6.07 Å². The second-order valence-corrected chi connectivity index (χ2v) is 8.89. The highest BCUT2D eigenvalue weighted by Gasteiger charge is 2.33.